The topological polar surface area (TPSA) is 87.4 Å². The first-order valence-corrected chi connectivity index (χ1v) is 14.3. The van der Waals surface area contributed by atoms with E-state index in [0.29, 0.717) is 16.7 Å². The number of benzene rings is 4. The number of carbonyl (C=O) groups excluding carboxylic acids is 2. The van der Waals surface area contributed by atoms with Crippen LogP contribution in [0.5, 0.6) is 0 Å². The van der Waals surface area contributed by atoms with Gasteiger partial charge in [-0.05, 0) is 43.9 Å². The molecule has 0 saturated heterocycles. The standard InChI is InChI=1S/C37H35NO4/c1-4-42-35(40)36(24-38)31(27-19-15-25(2)16-20-27)23-37(41,30-13-9-6-10-14-30)33(34(39)29-11-7-5-8-12-29)32(36)28-21-17-26(3)18-22-28/h5-22,31-33,41H,4,23H2,1-3H3/t31-,32+,33+,36-,37+/m1/s1. The molecule has 0 radical (unpaired) electrons. The molecule has 0 unspecified atom stereocenters. The molecule has 5 heteroatoms. The van der Waals surface area contributed by atoms with Gasteiger partial charge in [-0.25, -0.2) is 0 Å². The van der Waals surface area contributed by atoms with Crippen LogP contribution in [0.15, 0.2) is 109 Å². The molecule has 212 valence electrons. The molecule has 1 N–H and O–H groups in total. The van der Waals surface area contributed by atoms with Gasteiger partial charge in [-0.2, -0.15) is 5.26 Å². The van der Waals surface area contributed by atoms with Crippen LogP contribution in [-0.2, 0) is 15.1 Å². The van der Waals surface area contributed by atoms with Gasteiger partial charge in [0.1, 0.15) is 5.60 Å². The van der Waals surface area contributed by atoms with E-state index in [2.05, 4.69) is 6.07 Å². The molecule has 1 fully saturated rings. The van der Waals surface area contributed by atoms with Crippen LogP contribution in [0.3, 0.4) is 0 Å². The molecule has 4 aromatic rings. The van der Waals surface area contributed by atoms with Crippen molar-refractivity contribution in [3.63, 3.8) is 0 Å². The quantitative estimate of drug-likeness (QED) is 0.195. The molecule has 0 heterocycles. The minimum atomic E-state index is -1.81. The third kappa shape index (κ3) is 4.93. The second-order valence-corrected chi connectivity index (χ2v) is 11.3. The summed E-state index contributed by atoms with van der Waals surface area (Å²) in [7, 11) is 0. The molecule has 1 aliphatic rings. The van der Waals surface area contributed by atoms with E-state index in [1.165, 1.54) is 0 Å². The van der Waals surface area contributed by atoms with Crippen LogP contribution in [0.2, 0.25) is 0 Å². The Hall–Kier alpha value is -4.53. The van der Waals surface area contributed by atoms with Crippen LogP contribution in [-0.4, -0.2) is 23.5 Å². The summed E-state index contributed by atoms with van der Waals surface area (Å²) in [6.07, 6.45) is -0.0297. The molecule has 0 amide bonds. The normalized spacial score (nSPS) is 25.3. The highest BCUT2D eigenvalue weighted by Gasteiger charge is 2.67. The molecule has 1 aliphatic carbocycles. The van der Waals surface area contributed by atoms with Gasteiger partial charge in [0.05, 0.1) is 18.6 Å². The van der Waals surface area contributed by atoms with Crippen molar-refractivity contribution in [2.45, 2.75) is 44.6 Å². The number of ketones is 1. The van der Waals surface area contributed by atoms with Crippen molar-refractivity contribution >= 4 is 11.8 Å². The predicted molar refractivity (Wildman–Crippen MR) is 162 cm³/mol. The molecule has 0 spiro atoms. The Bertz CT molecular complexity index is 1590. The Morgan fingerprint density at radius 1 is 0.833 bits per heavy atom. The van der Waals surface area contributed by atoms with Gasteiger partial charge in [0.25, 0.3) is 0 Å². The minimum Gasteiger partial charge on any atom is -0.465 e. The second kappa shape index (κ2) is 11.8. The number of hydrogen-bond donors (Lipinski definition) is 1. The number of nitriles is 1. The molecule has 5 rings (SSSR count). The van der Waals surface area contributed by atoms with Crippen LogP contribution in [0.25, 0.3) is 0 Å². The molecule has 5 atom stereocenters. The fourth-order valence-corrected chi connectivity index (χ4v) is 6.65. The van der Waals surface area contributed by atoms with Gasteiger partial charge in [-0.15, -0.1) is 0 Å². The Labute approximate surface area is 247 Å². The third-order valence-corrected chi connectivity index (χ3v) is 8.73. The van der Waals surface area contributed by atoms with Gasteiger partial charge >= 0.3 is 5.97 Å². The molecule has 0 aliphatic heterocycles. The molecule has 1 saturated carbocycles. The fourth-order valence-electron chi connectivity index (χ4n) is 6.65. The van der Waals surface area contributed by atoms with Gasteiger partial charge in [0.15, 0.2) is 11.2 Å². The van der Waals surface area contributed by atoms with Crippen molar-refractivity contribution in [1.82, 2.24) is 0 Å². The molecule has 42 heavy (non-hydrogen) atoms. The zero-order valence-corrected chi connectivity index (χ0v) is 24.2. The summed E-state index contributed by atoms with van der Waals surface area (Å²) in [4.78, 5) is 29.0. The number of Topliss-reactive ketones (excluding diaryl/α,β-unsaturated/α-hetero) is 1. The Balaban J connectivity index is 1.89. The maximum Gasteiger partial charge on any atom is 0.327 e. The Morgan fingerprint density at radius 2 is 1.36 bits per heavy atom. The second-order valence-electron chi connectivity index (χ2n) is 11.3. The first kappa shape index (κ1) is 29.0. The lowest BCUT2D eigenvalue weighted by Gasteiger charge is -2.54. The zero-order valence-electron chi connectivity index (χ0n) is 24.2. The molecule has 4 aromatic carbocycles. The highest BCUT2D eigenvalue weighted by molar-refractivity contribution is 6.00. The highest BCUT2D eigenvalue weighted by Crippen LogP contribution is 2.63. The number of aliphatic hydroxyl groups is 1. The lowest BCUT2D eigenvalue weighted by Crippen LogP contribution is -2.59. The maximum atomic E-state index is 14.7. The first-order valence-electron chi connectivity index (χ1n) is 14.3. The van der Waals surface area contributed by atoms with E-state index in [1.807, 2.05) is 98.8 Å². The lowest BCUT2D eigenvalue weighted by atomic mass is 9.47. The van der Waals surface area contributed by atoms with Crippen molar-refractivity contribution in [3.05, 3.63) is 143 Å². The Morgan fingerprint density at radius 3 is 1.88 bits per heavy atom. The van der Waals surface area contributed by atoms with Crippen molar-refractivity contribution in [2.24, 2.45) is 11.3 Å². The maximum absolute atomic E-state index is 14.7. The zero-order chi connectivity index (χ0) is 29.9. The number of carbonyl (C=O) groups is 2. The molecular formula is C37H35NO4. The van der Waals surface area contributed by atoms with Crippen LogP contribution in [0.1, 0.15) is 63.4 Å². The van der Waals surface area contributed by atoms with Crippen LogP contribution in [0.4, 0.5) is 0 Å². The third-order valence-electron chi connectivity index (χ3n) is 8.73. The van der Waals surface area contributed by atoms with E-state index in [1.54, 1.807) is 31.2 Å². The lowest BCUT2D eigenvalue weighted by molar-refractivity contribution is -0.164. The van der Waals surface area contributed by atoms with Gasteiger partial charge in [-0.1, -0.05) is 120 Å². The number of aryl methyl sites for hydroxylation is 2. The number of rotatable bonds is 7. The first-order chi connectivity index (χ1) is 20.3. The van der Waals surface area contributed by atoms with Gasteiger partial charge < -0.3 is 9.84 Å². The highest BCUT2D eigenvalue weighted by atomic mass is 16.5. The Kier molecular flexibility index (Phi) is 8.11. The van der Waals surface area contributed by atoms with E-state index in [-0.39, 0.29) is 18.8 Å². The fraction of sp³-hybridized carbons (Fsp3) is 0.270. The number of esters is 1. The van der Waals surface area contributed by atoms with E-state index in [4.69, 9.17) is 4.74 Å². The summed E-state index contributed by atoms with van der Waals surface area (Å²) < 4.78 is 5.68. The van der Waals surface area contributed by atoms with E-state index in [9.17, 15) is 20.0 Å². The smallest absolute Gasteiger partial charge is 0.327 e. The molecule has 0 bridgehead atoms. The summed E-state index contributed by atoms with van der Waals surface area (Å²) in [5, 5.41) is 24.1. The summed E-state index contributed by atoms with van der Waals surface area (Å²) in [6.45, 7) is 5.71. The van der Waals surface area contributed by atoms with Gasteiger partial charge in [0.2, 0.25) is 0 Å². The largest absolute Gasteiger partial charge is 0.465 e. The number of hydrogen-bond acceptors (Lipinski definition) is 5. The van der Waals surface area contributed by atoms with Crippen LogP contribution < -0.4 is 0 Å². The average Bonchev–Trinajstić information content (AvgIpc) is 3.02. The minimum absolute atomic E-state index is 0.0297. The van der Waals surface area contributed by atoms with E-state index >= 15 is 0 Å². The predicted octanol–water partition coefficient (Wildman–Crippen LogP) is 7.03. The van der Waals surface area contributed by atoms with Crippen molar-refractivity contribution in [1.29, 1.82) is 5.26 Å². The van der Waals surface area contributed by atoms with Crippen molar-refractivity contribution in [2.75, 3.05) is 6.61 Å². The average molecular weight is 558 g/mol. The van der Waals surface area contributed by atoms with E-state index in [0.717, 1.165) is 16.7 Å². The van der Waals surface area contributed by atoms with Crippen LogP contribution >= 0.6 is 0 Å². The molecular weight excluding hydrogens is 522 g/mol. The number of ether oxygens (including phenoxy) is 1. The van der Waals surface area contributed by atoms with Crippen molar-refractivity contribution < 1.29 is 19.4 Å². The summed E-state index contributed by atoms with van der Waals surface area (Å²) in [5.41, 5.74) is 0.805. The summed E-state index contributed by atoms with van der Waals surface area (Å²) >= 11 is 0. The number of nitrogens with zero attached hydrogens (tertiary/aromatic N) is 1. The SMILES string of the molecule is CCOC(=O)[C@]1(C#N)[C@@H](c2ccc(C)cc2)C[C@](O)(c2ccccc2)[C@H](C(=O)c2ccccc2)[C@@H]1c1ccc(C)cc1. The van der Waals surface area contributed by atoms with Crippen LogP contribution in [0, 0.1) is 36.5 Å². The monoisotopic (exact) mass is 557 g/mol. The summed E-state index contributed by atoms with van der Waals surface area (Å²) in [6, 6.07) is 35.6. The van der Waals surface area contributed by atoms with E-state index < -0.39 is 34.7 Å². The molecule has 0 aromatic heterocycles. The van der Waals surface area contributed by atoms with Gasteiger partial charge in [0, 0.05) is 17.4 Å². The molecule has 5 nitrogen and oxygen atoms in total. The summed E-state index contributed by atoms with van der Waals surface area (Å²) in [5.74, 6) is -4.00. The van der Waals surface area contributed by atoms with Crippen molar-refractivity contribution in [3.8, 4) is 6.07 Å². The van der Waals surface area contributed by atoms with Gasteiger partial charge in [-0.3, -0.25) is 9.59 Å².